The topological polar surface area (TPSA) is 44.8 Å². The number of methoxy groups -OCH3 is 2. The van der Waals surface area contributed by atoms with Gasteiger partial charge in [-0.15, -0.1) is 0 Å². The van der Waals surface area contributed by atoms with Crippen LogP contribution < -0.4 is 9.47 Å². The fourth-order valence-corrected chi connectivity index (χ4v) is 2.21. The summed E-state index contributed by atoms with van der Waals surface area (Å²) in [6.45, 7) is 2.21. The van der Waals surface area contributed by atoms with Gasteiger partial charge < -0.3 is 0 Å². The van der Waals surface area contributed by atoms with Crippen LogP contribution in [0.25, 0.3) is 0 Å². The van der Waals surface area contributed by atoms with Gasteiger partial charge in [0.1, 0.15) is 0 Å². The van der Waals surface area contributed by atoms with E-state index in [1.807, 2.05) is 18.2 Å². The third-order valence-electron chi connectivity index (χ3n) is 2.46. The van der Waals surface area contributed by atoms with Gasteiger partial charge in [-0.1, -0.05) is 0 Å². The molecule has 0 spiro atoms. The van der Waals surface area contributed by atoms with E-state index in [9.17, 15) is 4.79 Å². The Balaban J connectivity index is 2.79. The maximum absolute atomic E-state index is 11.4. The predicted molar refractivity (Wildman–Crippen MR) is 69.3 cm³/mol. The molecule has 0 aliphatic rings. The quantitative estimate of drug-likeness (QED) is 0.594. The van der Waals surface area contributed by atoms with Crippen LogP contribution in [0.4, 0.5) is 0 Å². The fourth-order valence-electron chi connectivity index (χ4n) is 1.56. The second-order valence-electron chi connectivity index (χ2n) is 3.64. The molecular formula is C13H17AsO4. The molecule has 1 atom stereocenters. The third kappa shape index (κ3) is 3.95. The molecule has 0 N–H and O–H groups in total. The van der Waals surface area contributed by atoms with Gasteiger partial charge in [0.2, 0.25) is 0 Å². The van der Waals surface area contributed by atoms with Gasteiger partial charge in [0.25, 0.3) is 0 Å². The zero-order valence-electron chi connectivity index (χ0n) is 10.8. The Hall–Kier alpha value is -1.15. The van der Waals surface area contributed by atoms with E-state index in [2.05, 4.69) is 16.9 Å². The number of hydrogen-bond acceptors (Lipinski definition) is 4. The van der Waals surface area contributed by atoms with Gasteiger partial charge in [-0.25, -0.2) is 0 Å². The minimum absolute atomic E-state index is 0.0244. The summed E-state index contributed by atoms with van der Waals surface area (Å²) in [5, 5.41) is 0. The van der Waals surface area contributed by atoms with Crippen LogP contribution in [0.1, 0.15) is 23.6 Å². The number of esters is 1. The van der Waals surface area contributed by atoms with Crippen molar-refractivity contribution in [1.82, 2.24) is 0 Å². The minimum atomic E-state index is -0.196. The number of carbonyl (C=O) groups is 1. The molecule has 0 saturated carbocycles. The molecule has 2 radical (unpaired) electrons. The van der Waals surface area contributed by atoms with Crippen molar-refractivity contribution < 1.29 is 19.0 Å². The average Bonchev–Trinajstić information content (AvgIpc) is 2.38. The fraction of sp³-hybridized carbons (Fsp3) is 0.462. The first kappa shape index (κ1) is 14.9. The zero-order valence-corrected chi connectivity index (χ0v) is 12.7. The van der Waals surface area contributed by atoms with Gasteiger partial charge in [-0.3, -0.25) is 0 Å². The number of carbonyl (C=O) groups excluding carboxylic acids is 1. The molecule has 0 saturated heterocycles. The molecule has 1 unspecified atom stereocenters. The van der Waals surface area contributed by atoms with Crippen LogP contribution >= 0.6 is 0 Å². The van der Waals surface area contributed by atoms with Crippen LogP contribution in [-0.4, -0.2) is 43.6 Å². The molecule has 0 bridgehead atoms. The molecule has 5 heteroatoms. The number of hydrogen-bond donors (Lipinski definition) is 0. The summed E-state index contributed by atoms with van der Waals surface area (Å²) in [6.07, 6.45) is 0.337. The van der Waals surface area contributed by atoms with Crippen LogP contribution in [0, 0.1) is 0 Å². The number of ether oxygens (including phenoxy) is 3. The predicted octanol–water partition coefficient (Wildman–Crippen LogP) is 1.87. The van der Waals surface area contributed by atoms with Crippen LogP contribution in [0.5, 0.6) is 11.5 Å². The van der Waals surface area contributed by atoms with Gasteiger partial charge in [0.15, 0.2) is 0 Å². The standard InChI is InChI=1S/C13H17AsO4/c1-4-18-13(15)8-10(14)9-5-6-11(16-2)12(7-9)17-3/h5-7,10H,4,8H2,1-3H3. The summed E-state index contributed by atoms with van der Waals surface area (Å²) < 4.78 is 15.4. The van der Waals surface area contributed by atoms with Crippen molar-refractivity contribution in [3.8, 4) is 11.5 Å². The Labute approximate surface area is 116 Å². The Morgan fingerprint density at radius 2 is 1.94 bits per heavy atom. The Morgan fingerprint density at radius 3 is 2.50 bits per heavy atom. The third-order valence-corrected chi connectivity index (χ3v) is 3.47. The number of rotatable bonds is 6. The summed E-state index contributed by atoms with van der Waals surface area (Å²) in [5.41, 5.74) is 1.00. The molecule has 0 aliphatic heterocycles. The van der Waals surface area contributed by atoms with Crippen molar-refractivity contribution in [2.75, 3.05) is 20.8 Å². The van der Waals surface area contributed by atoms with E-state index in [1.54, 1.807) is 21.1 Å². The van der Waals surface area contributed by atoms with Gasteiger partial charge in [0, 0.05) is 0 Å². The van der Waals surface area contributed by atoms with Crippen LogP contribution in [0.15, 0.2) is 18.2 Å². The first-order valence-corrected chi connectivity index (χ1v) is 6.76. The monoisotopic (exact) mass is 312 g/mol. The van der Waals surface area contributed by atoms with Crippen LogP contribution in [0.3, 0.4) is 0 Å². The average molecular weight is 312 g/mol. The molecule has 0 fully saturated rings. The SMILES string of the molecule is CCOC(=O)CC([As])c1ccc(OC)c(OC)c1. The van der Waals surface area contributed by atoms with Gasteiger partial charge in [0.05, 0.1) is 0 Å². The normalized spacial score (nSPS) is 11.8. The molecular weight excluding hydrogens is 295 g/mol. The first-order chi connectivity index (χ1) is 8.62. The summed E-state index contributed by atoms with van der Waals surface area (Å²) in [7, 11) is 3.18. The van der Waals surface area contributed by atoms with Gasteiger partial charge >= 0.3 is 116 Å². The first-order valence-electron chi connectivity index (χ1n) is 5.68. The van der Waals surface area contributed by atoms with Crippen molar-refractivity contribution in [2.24, 2.45) is 0 Å². The summed E-state index contributed by atoms with van der Waals surface area (Å²) in [6, 6.07) is 5.63. The van der Waals surface area contributed by atoms with Crippen molar-refractivity contribution >= 4 is 22.8 Å². The van der Waals surface area contributed by atoms with Crippen molar-refractivity contribution in [3.63, 3.8) is 0 Å². The molecule has 0 heterocycles. The van der Waals surface area contributed by atoms with E-state index in [1.165, 1.54) is 0 Å². The molecule has 1 aromatic rings. The van der Waals surface area contributed by atoms with E-state index in [-0.39, 0.29) is 10.7 Å². The van der Waals surface area contributed by atoms with Crippen molar-refractivity contribution in [1.29, 1.82) is 0 Å². The molecule has 4 nitrogen and oxygen atoms in total. The van der Waals surface area contributed by atoms with E-state index in [0.717, 1.165) is 5.56 Å². The summed E-state index contributed by atoms with van der Waals surface area (Å²) in [4.78, 5) is 11.4. The molecule has 1 rings (SSSR count). The Kier molecular flexibility index (Phi) is 6.06. The molecule has 0 amide bonds. The molecule has 98 valence electrons. The second kappa shape index (κ2) is 7.32. The van der Waals surface area contributed by atoms with E-state index in [4.69, 9.17) is 14.2 Å². The molecule has 1 aromatic carbocycles. The van der Waals surface area contributed by atoms with E-state index in [0.29, 0.717) is 24.5 Å². The number of benzene rings is 1. The van der Waals surface area contributed by atoms with Crippen molar-refractivity contribution in [2.45, 2.75) is 18.1 Å². The van der Waals surface area contributed by atoms with Gasteiger partial charge in [-0.05, 0) is 0 Å². The van der Waals surface area contributed by atoms with Crippen LogP contribution in [-0.2, 0) is 9.53 Å². The summed E-state index contributed by atoms with van der Waals surface area (Å²) in [5.74, 6) is 1.14. The molecule has 0 aliphatic carbocycles. The van der Waals surface area contributed by atoms with E-state index >= 15 is 0 Å². The Morgan fingerprint density at radius 1 is 1.28 bits per heavy atom. The molecule has 0 aromatic heterocycles. The van der Waals surface area contributed by atoms with Crippen LogP contribution in [0.2, 0.25) is 0 Å². The second-order valence-corrected chi connectivity index (χ2v) is 4.95. The Bertz CT molecular complexity index is 406. The zero-order chi connectivity index (χ0) is 13.5. The maximum atomic E-state index is 11.4. The van der Waals surface area contributed by atoms with Gasteiger partial charge in [-0.2, -0.15) is 0 Å². The van der Waals surface area contributed by atoms with E-state index < -0.39 is 0 Å². The molecule has 18 heavy (non-hydrogen) atoms. The van der Waals surface area contributed by atoms with Crippen molar-refractivity contribution in [3.05, 3.63) is 23.8 Å². The summed E-state index contributed by atoms with van der Waals surface area (Å²) >= 11 is 2.48.